The summed E-state index contributed by atoms with van der Waals surface area (Å²) in [4.78, 5) is 16.1. The van der Waals surface area contributed by atoms with Gasteiger partial charge >= 0.3 is 5.97 Å². The van der Waals surface area contributed by atoms with Gasteiger partial charge in [0.15, 0.2) is 0 Å². The molecule has 0 radical (unpaired) electrons. The molecule has 0 aliphatic rings. The average molecular weight is 263 g/mol. The third kappa shape index (κ3) is 3.56. The lowest BCUT2D eigenvalue weighted by Gasteiger charge is -2.12. The van der Waals surface area contributed by atoms with Crippen LogP contribution in [0.1, 0.15) is 4.88 Å². The third-order valence-electron chi connectivity index (χ3n) is 2.46. The zero-order valence-electron chi connectivity index (χ0n) is 9.65. The van der Waals surface area contributed by atoms with Crippen LogP contribution in [0.4, 0.5) is 0 Å². The van der Waals surface area contributed by atoms with E-state index in [1.165, 1.54) is 0 Å². The molecule has 0 aromatic carbocycles. The molecule has 1 unspecified atom stereocenters. The average Bonchev–Trinajstić information content (AvgIpc) is 2.88. The molecule has 5 heteroatoms. The Morgan fingerprint density at radius 2 is 2.33 bits per heavy atom. The smallest absolute Gasteiger partial charge is 0.310 e. The number of carboxylic acid groups (broad SMARTS) is 1. The van der Waals surface area contributed by atoms with E-state index in [4.69, 9.17) is 9.84 Å². The molecule has 1 N–H and O–H groups in total. The van der Waals surface area contributed by atoms with Crippen molar-refractivity contribution in [2.45, 2.75) is 6.42 Å². The first kappa shape index (κ1) is 12.6. The molecule has 0 spiro atoms. The van der Waals surface area contributed by atoms with Crippen molar-refractivity contribution >= 4 is 17.3 Å². The van der Waals surface area contributed by atoms with E-state index < -0.39 is 11.9 Å². The Balaban J connectivity index is 1.93. The van der Waals surface area contributed by atoms with Crippen molar-refractivity contribution in [3.63, 3.8) is 0 Å². The van der Waals surface area contributed by atoms with Crippen molar-refractivity contribution in [3.05, 3.63) is 46.9 Å². The molecule has 94 valence electrons. The maximum atomic E-state index is 11.2. The predicted octanol–water partition coefficient (Wildman–Crippen LogP) is 2.47. The minimum Gasteiger partial charge on any atom is -0.491 e. The fourth-order valence-electron chi connectivity index (χ4n) is 1.52. The van der Waals surface area contributed by atoms with E-state index in [9.17, 15) is 4.79 Å². The highest BCUT2D eigenvalue weighted by Gasteiger charge is 2.19. The van der Waals surface area contributed by atoms with E-state index in [-0.39, 0.29) is 6.61 Å². The molecule has 0 fully saturated rings. The summed E-state index contributed by atoms with van der Waals surface area (Å²) in [5.41, 5.74) is 0. The van der Waals surface area contributed by atoms with Crippen LogP contribution in [-0.4, -0.2) is 22.7 Å². The highest BCUT2D eigenvalue weighted by atomic mass is 32.1. The molecular formula is C13H13NO3S. The summed E-state index contributed by atoms with van der Waals surface area (Å²) in [5, 5.41) is 11.1. The van der Waals surface area contributed by atoms with Gasteiger partial charge in [-0.2, -0.15) is 0 Å². The first-order valence-electron chi connectivity index (χ1n) is 5.53. The minimum absolute atomic E-state index is 0.152. The molecule has 0 saturated heterocycles. The molecule has 18 heavy (non-hydrogen) atoms. The Hall–Kier alpha value is -1.88. The van der Waals surface area contributed by atoms with Gasteiger partial charge in [0.25, 0.3) is 0 Å². The monoisotopic (exact) mass is 263 g/mol. The summed E-state index contributed by atoms with van der Waals surface area (Å²) in [7, 11) is 0. The molecule has 1 atom stereocenters. The Labute approximate surface area is 109 Å². The summed E-state index contributed by atoms with van der Waals surface area (Å²) in [6.45, 7) is 0.152. The molecule has 2 aromatic rings. The van der Waals surface area contributed by atoms with Crippen LogP contribution < -0.4 is 4.74 Å². The van der Waals surface area contributed by atoms with Crippen molar-refractivity contribution < 1.29 is 14.6 Å². The van der Waals surface area contributed by atoms with Gasteiger partial charge in [-0.15, -0.1) is 11.3 Å². The van der Waals surface area contributed by atoms with E-state index in [2.05, 4.69) is 4.98 Å². The fourth-order valence-corrected chi connectivity index (χ4v) is 2.30. The predicted molar refractivity (Wildman–Crippen MR) is 68.9 cm³/mol. The van der Waals surface area contributed by atoms with Gasteiger partial charge in [0, 0.05) is 11.1 Å². The molecule has 2 aromatic heterocycles. The number of carboxylic acids is 1. The Bertz CT molecular complexity index is 484. The van der Waals surface area contributed by atoms with Crippen LogP contribution in [-0.2, 0) is 11.2 Å². The van der Waals surface area contributed by atoms with Gasteiger partial charge in [-0.1, -0.05) is 6.07 Å². The number of rotatable bonds is 6. The molecule has 2 rings (SSSR count). The molecule has 0 aliphatic heterocycles. The first-order valence-corrected chi connectivity index (χ1v) is 6.41. The number of hydrogen-bond acceptors (Lipinski definition) is 4. The van der Waals surface area contributed by atoms with Crippen LogP contribution in [0.3, 0.4) is 0 Å². The van der Waals surface area contributed by atoms with Gasteiger partial charge in [-0.3, -0.25) is 9.78 Å². The SMILES string of the molecule is O=C(O)C(COc1cccnc1)Cc1cccs1. The van der Waals surface area contributed by atoms with Gasteiger partial charge in [-0.05, 0) is 30.0 Å². The zero-order valence-corrected chi connectivity index (χ0v) is 10.5. The molecule has 0 aliphatic carbocycles. The van der Waals surface area contributed by atoms with Gasteiger partial charge in [-0.25, -0.2) is 0 Å². The highest BCUT2D eigenvalue weighted by molar-refractivity contribution is 7.09. The fraction of sp³-hybridized carbons (Fsp3) is 0.231. The standard InChI is InChI=1S/C13H13NO3S/c15-13(16)10(7-12-4-2-6-18-12)9-17-11-3-1-5-14-8-11/h1-6,8,10H,7,9H2,(H,15,16). The normalized spacial score (nSPS) is 12.0. The summed E-state index contributed by atoms with van der Waals surface area (Å²) >= 11 is 1.56. The van der Waals surface area contributed by atoms with Gasteiger partial charge in [0.05, 0.1) is 12.1 Å². The van der Waals surface area contributed by atoms with E-state index in [0.29, 0.717) is 12.2 Å². The number of aliphatic carboxylic acids is 1. The minimum atomic E-state index is -0.840. The van der Waals surface area contributed by atoms with E-state index in [0.717, 1.165) is 4.88 Å². The van der Waals surface area contributed by atoms with Crippen molar-refractivity contribution in [2.75, 3.05) is 6.61 Å². The second kappa shape index (κ2) is 6.16. The first-order chi connectivity index (χ1) is 8.75. The topological polar surface area (TPSA) is 59.4 Å². The van der Waals surface area contributed by atoms with Gasteiger partial charge in [0.1, 0.15) is 12.4 Å². The second-order valence-electron chi connectivity index (χ2n) is 3.82. The summed E-state index contributed by atoms with van der Waals surface area (Å²) in [6.07, 6.45) is 3.71. The van der Waals surface area contributed by atoms with Crippen LogP contribution in [0.2, 0.25) is 0 Å². The largest absolute Gasteiger partial charge is 0.491 e. The summed E-state index contributed by atoms with van der Waals surface area (Å²) in [5.74, 6) is -0.786. The van der Waals surface area contributed by atoms with Crippen LogP contribution in [0.15, 0.2) is 42.0 Å². The molecule has 0 saturated carbocycles. The van der Waals surface area contributed by atoms with E-state index in [1.807, 2.05) is 17.5 Å². The maximum absolute atomic E-state index is 11.2. The summed E-state index contributed by atoms with van der Waals surface area (Å²) in [6, 6.07) is 7.37. The number of nitrogens with zero attached hydrogens (tertiary/aromatic N) is 1. The lowest BCUT2D eigenvalue weighted by atomic mass is 10.1. The highest BCUT2D eigenvalue weighted by Crippen LogP contribution is 2.16. The van der Waals surface area contributed by atoms with Crippen molar-refractivity contribution in [2.24, 2.45) is 5.92 Å². The molecule has 0 bridgehead atoms. The molecular weight excluding hydrogens is 250 g/mol. The Kier molecular flexibility index (Phi) is 4.30. The quantitative estimate of drug-likeness (QED) is 0.869. The van der Waals surface area contributed by atoms with Crippen molar-refractivity contribution in [1.29, 1.82) is 0 Å². The van der Waals surface area contributed by atoms with E-state index in [1.54, 1.807) is 35.9 Å². The number of aromatic nitrogens is 1. The third-order valence-corrected chi connectivity index (χ3v) is 3.36. The Morgan fingerprint density at radius 3 is 2.94 bits per heavy atom. The second-order valence-corrected chi connectivity index (χ2v) is 4.85. The van der Waals surface area contributed by atoms with Crippen molar-refractivity contribution in [3.8, 4) is 5.75 Å². The van der Waals surface area contributed by atoms with Crippen molar-refractivity contribution in [1.82, 2.24) is 4.98 Å². The maximum Gasteiger partial charge on any atom is 0.310 e. The van der Waals surface area contributed by atoms with Crippen LogP contribution in [0.25, 0.3) is 0 Å². The lowest BCUT2D eigenvalue weighted by molar-refractivity contribution is -0.142. The Morgan fingerprint density at radius 1 is 1.44 bits per heavy atom. The number of hydrogen-bond donors (Lipinski definition) is 1. The summed E-state index contributed by atoms with van der Waals surface area (Å²) < 4.78 is 5.44. The molecule has 4 nitrogen and oxygen atoms in total. The number of thiophene rings is 1. The van der Waals surface area contributed by atoms with Crippen LogP contribution in [0, 0.1) is 5.92 Å². The van der Waals surface area contributed by atoms with Crippen LogP contribution >= 0.6 is 11.3 Å². The zero-order chi connectivity index (χ0) is 12.8. The molecule has 0 amide bonds. The van der Waals surface area contributed by atoms with E-state index >= 15 is 0 Å². The number of pyridine rings is 1. The molecule has 2 heterocycles. The van der Waals surface area contributed by atoms with Gasteiger partial charge < -0.3 is 9.84 Å². The lowest BCUT2D eigenvalue weighted by Crippen LogP contribution is -2.23. The number of ether oxygens (including phenoxy) is 1. The number of carbonyl (C=O) groups is 1. The van der Waals surface area contributed by atoms with Gasteiger partial charge in [0.2, 0.25) is 0 Å². The van der Waals surface area contributed by atoms with Crippen LogP contribution in [0.5, 0.6) is 5.75 Å².